The Morgan fingerprint density at radius 2 is 1.56 bits per heavy atom. The first-order chi connectivity index (χ1) is 8.92. The topological polar surface area (TPSA) is 45.4 Å². The normalized spacial score (nSPS) is 12.4. The molecule has 1 aliphatic rings. The highest BCUT2D eigenvalue weighted by molar-refractivity contribution is 5.78. The highest BCUT2D eigenvalue weighted by Gasteiger charge is 2.28. The van der Waals surface area contributed by atoms with E-state index in [-0.39, 0.29) is 5.92 Å². The van der Waals surface area contributed by atoms with E-state index in [4.69, 9.17) is 10.2 Å². The number of nitrogens with one attached hydrogen (secondary N) is 1. The summed E-state index contributed by atoms with van der Waals surface area (Å²) in [6.45, 7) is 0.444. The van der Waals surface area contributed by atoms with E-state index in [1.54, 1.807) is 0 Å². The highest BCUT2D eigenvalue weighted by Crippen LogP contribution is 2.44. The fourth-order valence-electron chi connectivity index (χ4n) is 2.58. The molecule has 2 aromatic carbocycles. The zero-order chi connectivity index (χ0) is 12.4. The van der Waals surface area contributed by atoms with Gasteiger partial charge in [-0.25, -0.2) is 5.41 Å². The molecule has 3 rings (SSSR count). The summed E-state index contributed by atoms with van der Waals surface area (Å²) in [4.78, 5) is 5.11. The minimum atomic E-state index is 0.189. The molecule has 0 saturated heterocycles. The smallest absolute Gasteiger partial charge is 0.132 e. The molecule has 0 spiro atoms. The predicted molar refractivity (Wildman–Crippen MR) is 69.8 cm³/mol. The maximum Gasteiger partial charge on any atom is 0.132 e. The summed E-state index contributed by atoms with van der Waals surface area (Å²) in [6.07, 6.45) is 0. The summed E-state index contributed by atoms with van der Waals surface area (Å²) in [6, 6.07) is 18.6. The first-order valence-corrected chi connectivity index (χ1v) is 5.84. The molecule has 0 atom stereocenters. The number of hydrogen-bond acceptors (Lipinski definition) is 3. The molecule has 1 N–H and O–H groups in total. The van der Waals surface area contributed by atoms with Crippen molar-refractivity contribution in [2.45, 2.75) is 5.92 Å². The number of rotatable bonds is 3. The van der Waals surface area contributed by atoms with Gasteiger partial charge in [0, 0.05) is 5.92 Å². The SMILES string of the molecule is N=C=NOCC1c2ccccc2-c2ccccc21. The molecular formula is C15H12N2O. The van der Waals surface area contributed by atoms with Crippen LogP contribution in [-0.4, -0.2) is 12.6 Å². The van der Waals surface area contributed by atoms with Crippen molar-refractivity contribution in [3.8, 4) is 11.1 Å². The molecule has 18 heavy (non-hydrogen) atoms. The monoisotopic (exact) mass is 236 g/mol. The molecule has 0 fully saturated rings. The van der Waals surface area contributed by atoms with Gasteiger partial charge in [0.15, 0.2) is 0 Å². The third-order valence-corrected chi connectivity index (χ3v) is 3.31. The molecule has 0 saturated carbocycles. The van der Waals surface area contributed by atoms with Gasteiger partial charge in [0.1, 0.15) is 12.6 Å². The van der Waals surface area contributed by atoms with Crippen LogP contribution >= 0.6 is 0 Å². The van der Waals surface area contributed by atoms with Gasteiger partial charge >= 0.3 is 0 Å². The summed E-state index contributed by atoms with van der Waals surface area (Å²) >= 11 is 0. The Bertz CT molecular complexity index is 584. The number of benzene rings is 2. The third kappa shape index (κ3) is 1.62. The number of fused-ring (bicyclic) bond motifs is 3. The van der Waals surface area contributed by atoms with Crippen LogP contribution in [0.25, 0.3) is 11.1 Å². The standard InChI is InChI=1S/C15H12N2O/c16-10-17-18-9-15-13-7-3-1-5-11(13)12-6-2-4-8-14(12)15/h1-8,15-16H,9H2. The second-order valence-corrected chi connectivity index (χ2v) is 4.23. The largest absolute Gasteiger partial charge is 0.386 e. The van der Waals surface area contributed by atoms with Gasteiger partial charge in [-0.1, -0.05) is 48.5 Å². The van der Waals surface area contributed by atoms with Gasteiger partial charge in [-0.05, 0) is 27.4 Å². The van der Waals surface area contributed by atoms with E-state index in [0.717, 1.165) is 0 Å². The summed E-state index contributed by atoms with van der Waals surface area (Å²) in [5.41, 5.74) is 5.05. The van der Waals surface area contributed by atoms with Crippen LogP contribution in [0.4, 0.5) is 0 Å². The number of nitrogens with zero attached hydrogens (tertiary/aromatic N) is 1. The summed E-state index contributed by atoms with van der Waals surface area (Å²) < 4.78 is 0. The molecule has 2 aromatic rings. The minimum Gasteiger partial charge on any atom is -0.386 e. The van der Waals surface area contributed by atoms with Crippen LogP contribution in [0.2, 0.25) is 0 Å². The Morgan fingerprint density at radius 3 is 2.11 bits per heavy atom. The first-order valence-electron chi connectivity index (χ1n) is 5.84. The van der Waals surface area contributed by atoms with Crippen LogP contribution in [0.3, 0.4) is 0 Å². The fraction of sp³-hybridized carbons (Fsp3) is 0.133. The van der Waals surface area contributed by atoms with Crippen molar-refractivity contribution in [3.05, 3.63) is 59.7 Å². The Hall–Kier alpha value is -2.38. The van der Waals surface area contributed by atoms with Crippen LogP contribution in [0.15, 0.2) is 53.7 Å². The van der Waals surface area contributed by atoms with E-state index in [1.807, 2.05) is 18.1 Å². The maximum absolute atomic E-state index is 6.72. The van der Waals surface area contributed by atoms with Gasteiger partial charge in [0.2, 0.25) is 0 Å². The van der Waals surface area contributed by atoms with Gasteiger partial charge < -0.3 is 4.84 Å². The first kappa shape index (κ1) is 10.8. The zero-order valence-electron chi connectivity index (χ0n) is 9.76. The Balaban J connectivity index is 2.06. The van der Waals surface area contributed by atoms with Gasteiger partial charge in [-0.2, -0.15) is 0 Å². The molecule has 0 heterocycles. The Kier molecular flexibility index (Phi) is 2.67. The Morgan fingerprint density at radius 1 is 1.00 bits per heavy atom. The van der Waals surface area contributed by atoms with Crippen molar-refractivity contribution in [1.82, 2.24) is 0 Å². The van der Waals surface area contributed by atoms with Gasteiger partial charge in [-0.15, -0.1) is 0 Å². The van der Waals surface area contributed by atoms with Crippen molar-refractivity contribution >= 4 is 6.01 Å². The lowest BCUT2D eigenvalue weighted by atomic mass is 9.98. The van der Waals surface area contributed by atoms with Crippen molar-refractivity contribution in [2.75, 3.05) is 6.61 Å². The van der Waals surface area contributed by atoms with Crippen molar-refractivity contribution < 1.29 is 4.84 Å². The predicted octanol–water partition coefficient (Wildman–Crippen LogP) is 3.48. The van der Waals surface area contributed by atoms with Crippen LogP contribution in [0.1, 0.15) is 17.0 Å². The quantitative estimate of drug-likeness (QED) is 0.643. The van der Waals surface area contributed by atoms with Gasteiger partial charge in [0.25, 0.3) is 0 Å². The van der Waals surface area contributed by atoms with Crippen LogP contribution in [-0.2, 0) is 4.84 Å². The molecule has 0 amide bonds. The molecule has 0 bridgehead atoms. The van der Waals surface area contributed by atoms with Crippen LogP contribution in [0.5, 0.6) is 0 Å². The van der Waals surface area contributed by atoms with E-state index >= 15 is 0 Å². The summed E-state index contributed by atoms with van der Waals surface area (Å²) in [7, 11) is 0. The van der Waals surface area contributed by atoms with Crippen molar-refractivity contribution in [2.24, 2.45) is 5.16 Å². The second-order valence-electron chi connectivity index (χ2n) is 4.23. The minimum absolute atomic E-state index is 0.189. The lowest BCUT2D eigenvalue weighted by Gasteiger charge is -2.10. The molecule has 3 heteroatoms. The van der Waals surface area contributed by atoms with E-state index in [9.17, 15) is 0 Å². The highest BCUT2D eigenvalue weighted by atomic mass is 16.6. The Labute approximate surface area is 105 Å². The summed E-state index contributed by atoms with van der Waals surface area (Å²) in [5.74, 6) is 0.189. The average molecular weight is 236 g/mol. The van der Waals surface area contributed by atoms with E-state index in [1.165, 1.54) is 22.3 Å². The molecule has 3 nitrogen and oxygen atoms in total. The van der Waals surface area contributed by atoms with E-state index < -0.39 is 0 Å². The van der Waals surface area contributed by atoms with Crippen LogP contribution < -0.4 is 0 Å². The molecular weight excluding hydrogens is 224 g/mol. The molecule has 0 aromatic heterocycles. The molecule has 0 radical (unpaired) electrons. The number of hydrogen-bond donors (Lipinski definition) is 1. The third-order valence-electron chi connectivity index (χ3n) is 3.31. The molecule has 88 valence electrons. The molecule has 0 aliphatic heterocycles. The average Bonchev–Trinajstić information content (AvgIpc) is 2.74. The molecule has 1 aliphatic carbocycles. The second kappa shape index (κ2) is 4.47. The fourth-order valence-corrected chi connectivity index (χ4v) is 2.58. The van der Waals surface area contributed by atoms with Crippen molar-refractivity contribution in [3.63, 3.8) is 0 Å². The van der Waals surface area contributed by atoms with Gasteiger partial charge in [-0.3, -0.25) is 0 Å². The maximum atomic E-state index is 6.72. The zero-order valence-corrected chi connectivity index (χ0v) is 9.76. The van der Waals surface area contributed by atoms with E-state index in [2.05, 4.69) is 41.6 Å². The molecule has 0 unspecified atom stereocenters. The lowest BCUT2D eigenvalue weighted by Crippen LogP contribution is -2.03. The summed E-state index contributed by atoms with van der Waals surface area (Å²) in [5, 5.41) is 10.1. The lowest BCUT2D eigenvalue weighted by molar-refractivity contribution is 0.139. The van der Waals surface area contributed by atoms with E-state index in [0.29, 0.717) is 6.61 Å². The van der Waals surface area contributed by atoms with Gasteiger partial charge in [0.05, 0.1) is 0 Å². The van der Waals surface area contributed by atoms with Crippen LogP contribution in [0, 0.1) is 5.41 Å². The van der Waals surface area contributed by atoms with Crippen molar-refractivity contribution in [1.29, 1.82) is 5.41 Å².